The van der Waals surface area contributed by atoms with E-state index in [1.165, 1.54) is 0 Å². The van der Waals surface area contributed by atoms with Crippen molar-refractivity contribution >= 4 is 23.3 Å². The van der Waals surface area contributed by atoms with Crippen LogP contribution < -0.4 is 15.0 Å². The summed E-state index contributed by atoms with van der Waals surface area (Å²) in [6, 6.07) is 11.1. The summed E-state index contributed by atoms with van der Waals surface area (Å²) in [7, 11) is 0. The molecule has 6 nitrogen and oxygen atoms in total. The molecule has 0 saturated carbocycles. The van der Waals surface area contributed by atoms with E-state index in [0.29, 0.717) is 44.2 Å². The third-order valence-electron chi connectivity index (χ3n) is 4.28. The monoisotopic (exact) mass is 389 g/mol. The van der Waals surface area contributed by atoms with Crippen molar-refractivity contribution in [1.82, 2.24) is 10.3 Å². The summed E-state index contributed by atoms with van der Waals surface area (Å²) >= 11 is 5.84. The van der Waals surface area contributed by atoms with E-state index in [-0.39, 0.29) is 5.91 Å². The van der Waals surface area contributed by atoms with Gasteiger partial charge in [-0.2, -0.15) is 0 Å². The third kappa shape index (κ3) is 6.12. The minimum Gasteiger partial charge on any atom is -0.494 e. The minimum atomic E-state index is 0.00601. The fourth-order valence-corrected chi connectivity index (χ4v) is 2.99. The molecule has 1 fully saturated rings. The van der Waals surface area contributed by atoms with Crippen molar-refractivity contribution in [3.63, 3.8) is 0 Å². The van der Waals surface area contributed by atoms with Gasteiger partial charge in [0.05, 0.1) is 19.8 Å². The Labute approximate surface area is 164 Å². The molecule has 1 aliphatic rings. The van der Waals surface area contributed by atoms with Crippen LogP contribution in [0.25, 0.3) is 0 Å². The quantitative estimate of drug-likeness (QED) is 0.703. The number of benzene rings is 1. The molecule has 27 heavy (non-hydrogen) atoms. The second kappa shape index (κ2) is 10.1. The summed E-state index contributed by atoms with van der Waals surface area (Å²) in [5.41, 5.74) is 1.02. The highest BCUT2D eigenvalue weighted by molar-refractivity contribution is 6.30. The van der Waals surface area contributed by atoms with E-state index in [2.05, 4.69) is 15.2 Å². The maximum atomic E-state index is 12.1. The number of aromatic nitrogens is 1. The molecule has 1 saturated heterocycles. The molecular formula is C20H24ClN3O3. The summed E-state index contributed by atoms with van der Waals surface area (Å²) in [4.78, 5) is 18.8. The Kier molecular flexibility index (Phi) is 7.30. The molecule has 0 unspecified atom stereocenters. The van der Waals surface area contributed by atoms with Crippen LogP contribution in [0.15, 0.2) is 42.6 Å². The van der Waals surface area contributed by atoms with E-state index >= 15 is 0 Å². The van der Waals surface area contributed by atoms with Crippen molar-refractivity contribution in [2.75, 3.05) is 37.8 Å². The topological polar surface area (TPSA) is 63.7 Å². The fraction of sp³-hybridized carbons (Fsp3) is 0.400. The van der Waals surface area contributed by atoms with E-state index in [4.69, 9.17) is 21.1 Å². The number of morpholine rings is 1. The molecule has 0 radical (unpaired) electrons. The van der Waals surface area contributed by atoms with Crippen molar-refractivity contribution in [2.45, 2.75) is 19.4 Å². The Bertz CT molecular complexity index is 734. The predicted octanol–water partition coefficient (Wildman–Crippen LogP) is 3.05. The number of halogens is 1. The Morgan fingerprint density at radius 1 is 1.22 bits per heavy atom. The number of ether oxygens (including phenoxy) is 2. The van der Waals surface area contributed by atoms with Crippen LogP contribution in [-0.2, 0) is 16.1 Å². The number of hydrogen-bond donors (Lipinski definition) is 1. The molecule has 1 aromatic heterocycles. The van der Waals surface area contributed by atoms with Crippen LogP contribution in [0.2, 0.25) is 5.02 Å². The summed E-state index contributed by atoms with van der Waals surface area (Å²) < 4.78 is 11.0. The number of nitrogens with zero attached hydrogens (tertiary/aromatic N) is 2. The lowest BCUT2D eigenvalue weighted by atomic mass is 10.2. The Hall–Kier alpha value is -2.31. The van der Waals surface area contributed by atoms with Crippen molar-refractivity contribution in [2.24, 2.45) is 0 Å². The third-order valence-corrected chi connectivity index (χ3v) is 4.54. The lowest BCUT2D eigenvalue weighted by Crippen LogP contribution is -2.37. The highest BCUT2D eigenvalue weighted by atomic mass is 35.5. The van der Waals surface area contributed by atoms with Crippen molar-refractivity contribution in [1.29, 1.82) is 0 Å². The van der Waals surface area contributed by atoms with Crippen molar-refractivity contribution in [3.8, 4) is 5.75 Å². The predicted molar refractivity (Wildman–Crippen MR) is 105 cm³/mol. The summed E-state index contributed by atoms with van der Waals surface area (Å²) in [6.45, 7) is 4.00. The molecule has 0 atom stereocenters. The molecular weight excluding hydrogens is 366 g/mol. The fourth-order valence-electron chi connectivity index (χ4n) is 2.86. The van der Waals surface area contributed by atoms with E-state index in [9.17, 15) is 4.79 Å². The first-order valence-corrected chi connectivity index (χ1v) is 9.52. The highest BCUT2D eigenvalue weighted by Crippen LogP contribution is 2.18. The molecule has 2 aromatic rings. The Morgan fingerprint density at radius 3 is 2.78 bits per heavy atom. The van der Waals surface area contributed by atoms with Gasteiger partial charge in [-0.3, -0.25) is 4.79 Å². The number of carbonyl (C=O) groups excluding carboxylic acids is 1. The second-order valence-electron chi connectivity index (χ2n) is 6.27. The number of carbonyl (C=O) groups is 1. The minimum absolute atomic E-state index is 0.00601. The van der Waals surface area contributed by atoms with Crippen molar-refractivity contribution in [3.05, 3.63) is 53.2 Å². The smallest absolute Gasteiger partial charge is 0.220 e. The summed E-state index contributed by atoms with van der Waals surface area (Å²) in [6.07, 6.45) is 2.85. The van der Waals surface area contributed by atoms with Gasteiger partial charge in [0.15, 0.2) is 0 Å². The number of pyridine rings is 1. The molecule has 0 bridgehead atoms. The zero-order chi connectivity index (χ0) is 18.9. The number of rotatable bonds is 8. The van der Waals surface area contributed by atoms with Gasteiger partial charge in [-0.1, -0.05) is 17.7 Å². The number of anilines is 1. The SMILES string of the molecule is O=C(CCCOc1ccc(Cl)cc1)NCc1cccnc1N1CCOCC1. The molecule has 0 spiro atoms. The molecule has 1 amide bonds. The van der Waals surface area contributed by atoms with Crippen LogP contribution in [-0.4, -0.2) is 43.8 Å². The van der Waals surface area contributed by atoms with Gasteiger partial charge < -0.3 is 19.7 Å². The lowest BCUT2D eigenvalue weighted by molar-refractivity contribution is -0.121. The molecule has 1 aliphatic heterocycles. The molecule has 0 aliphatic carbocycles. The second-order valence-corrected chi connectivity index (χ2v) is 6.70. The molecule has 3 rings (SSSR count). The standard InChI is InChI=1S/C20H24ClN3O3/c21-17-5-7-18(8-6-17)27-12-2-4-19(25)23-15-16-3-1-9-22-20(16)24-10-13-26-14-11-24/h1,3,5-9H,2,4,10-15H2,(H,23,25). The van der Waals surface area contributed by atoms with Crippen LogP contribution in [0, 0.1) is 0 Å². The lowest BCUT2D eigenvalue weighted by Gasteiger charge is -2.29. The van der Waals surface area contributed by atoms with Crippen LogP contribution in [0.3, 0.4) is 0 Å². The van der Waals surface area contributed by atoms with Gasteiger partial charge in [0.1, 0.15) is 11.6 Å². The zero-order valence-corrected chi connectivity index (χ0v) is 16.0. The van der Waals surface area contributed by atoms with Crippen LogP contribution in [0.4, 0.5) is 5.82 Å². The van der Waals surface area contributed by atoms with E-state index in [0.717, 1.165) is 30.2 Å². The number of hydrogen-bond acceptors (Lipinski definition) is 5. The summed E-state index contributed by atoms with van der Waals surface area (Å²) in [5, 5.41) is 3.65. The largest absolute Gasteiger partial charge is 0.494 e. The van der Waals surface area contributed by atoms with Gasteiger partial charge in [-0.25, -0.2) is 4.98 Å². The van der Waals surface area contributed by atoms with E-state index in [1.807, 2.05) is 24.3 Å². The molecule has 1 N–H and O–H groups in total. The van der Waals surface area contributed by atoms with Gasteiger partial charge in [0.2, 0.25) is 5.91 Å². The van der Waals surface area contributed by atoms with Crippen LogP contribution in [0.1, 0.15) is 18.4 Å². The van der Waals surface area contributed by atoms with Gasteiger partial charge in [-0.05, 0) is 36.8 Å². The van der Waals surface area contributed by atoms with Gasteiger partial charge in [0.25, 0.3) is 0 Å². The van der Waals surface area contributed by atoms with Crippen LogP contribution in [0.5, 0.6) is 5.75 Å². The maximum Gasteiger partial charge on any atom is 0.220 e. The first kappa shape index (κ1) is 19.5. The zero-order valence-electron chi connectivity index (χ0n) is 15.2. The average molecular weight is 390 g/mol. The normalized spacial score (nSPS) is 14.0. The Balaban J connectivity index is 1.40. The molecule has 144 valence electrons. The first-order chi connectivity index (χ1) is 13.2. The van der Waals surface area contributed by atoms with Gasteiger partial charge >= 0.3 is 0 Å². The first-order valence-electron chi connectivity index (χ1n) is 9.14. The van der Waals surface area contributed by atoms with E-state index < -0.39 is 0 Å². The molecule has 2 heterocycles. The molecule has 1 aromatic carbocycles. The summed E-state index contributed by atoms with van der Waals surface area (Å²) in [5.74, 6) is 1.68. The van der Waals surface area contributed by atoms with Crippen molar-refractivity contribution < 1.29 is 14.3 Å². The molecule has 7 heteroatoms. The van der Waals surface area contributed by atoms with Gasteiger partial charge in [0, 0.05) is 42.8 Å². The number of amides is 1. The number of nitrogens with one attached hydrogen (secondary N) is 1. The highest BCUT2D eigenvalue weighted by Gasteiger charge is 2.16. The van der Waals surface area contributed by atoms with Crippen LogP contribution >= 0.6 is 11.6 Å². The Morgan fingerprint density at radius 2 is 2.00 bits per heavy atom. The maximum absolute atomic E-state index is 12.1. The van der Waals surface area contributed by atoms with Gasteiger partial charge in [-0.15, -0.1) is 0 Å². The average Bonchev–Trinajstić information content (AvgIpc) is 2.72. The van der Waals surface area contributed by atoms with E-state index in [1.54, 1.807) is 18.3 Å².